The topological polar surface area (TPSA) is 65.4 Å². The maximum absolute atomic E-state index is 9.47. The van der Waals surface area contributed by atoms with E-state index in [9.17, 15) is 10.2 Å². The number of nitrogens with one attached hydrogen (secondary N) is 1. The van der Waals surface area contributed by atoms with Crippen LogP contribution in [-0.4, -0.2) is 15.2 Å². The Balaban J connectivity index is 1.88. The molecule has 4 nitrogen and oxygen atoms in total. The summed E-state index contributed by atoms with van der Waals surface area (Å²) < 4.78 is 0. The maximum atomic E-state index is 9.47. The lowest BCUT2D eigenvalue weighted by atomic mass is 10.1. The number of hydrogen-bond donors (Lipinski definition) is 3. The molecular formula is C17H14N2O2. The molecule has 0 spiro atoms. The molecule has 2 aromatic carbocycles. The van der Waals surface area contributed by atoms with Crippen LogP contribution in [0.2, 0.25) is 0 Å². The van der Waals surface area contributed by atoms with E-state index in [4.69, 9.17) is 0 Å². The largest absolute Gasteiger partial charge is 0.508 e. The Hall–Kier alpha value is -3.01. The van der Waals surface area contributed by atoms with Gasteiger partial charge in [-0.1, -0.05) is 6.07 Å². The summed E-state index contributed by atoms with van der Waals surface area (Å²) in [5.74, 6) is 0.445. The zero-order chi connectivity index (χ0) is 14.7. The predicted octanol–water partition coefficient (Wildman–Crippen LogP) is 3.90. The Bertz CT molecular complexity index is 755. The van der Waals surface area contributed by atoms with Gasteiger partial charge in [-0.25, -0.2) is 0 Å². The van der Waals surface area contributed by atoms with Crippen molar-refractivity contribution in [2.24, 2.45) is 0 Å². The van der Waals surface area contributed by atoms with Crippen LogP contribution in [0.5, 0.6) is 11.5 Å². The third kappa shape index (κ3) is 3.12. The highest BCUT2D eigenvalue weighted by molar-refractivity contribution is 5.68. The van der Waals surface area contributed by atoms with Crippen LogP contribution in [0.15, 0.2) is 66.9 Å². The Labute approximate surface area is 122 Å². The van der Waals surface area contributed by atoms with Gasteiger partial charge in [0.2, 0.25) is 0 Å². The molecule has 0 aliphatic rings. The smallest absolute Gasteiger partial charge is 0.117 e. The fraction of sp³-hybridized carbons (Fsp3) is 0. The van der Waals surface area contributed by atoms with Crippen molar-refractivity contribution in [2.75, 3.05) is 5.32 Å². The van der Waals surface area contributed by atoms with Crippen molar-refractivity contribution in [3.05, 3.63) is 66.9 Å². The van der Waals surface area contributed by atoms with Crippen molar-refractivity contribution in [1.82, 2.24) is 4.98 Å². The summed E-state index contributed by atoms with van der Waals surface area (Å²) in [7, 11) is 0. The first-order chi connectivity index (χ1) is 10.2. The summed E-state index contributed by atoms with van der Waals surface area (Å²) in [6, 6.07) is 17.6. The number of pyridine rings is 1. The molecule has 0 aliphatic heterocycles. The van der Waals surface area contributed by atoms with Crippen LogP contribution in [-0.2, 0) is 0 Å². The molecule has 0 unspecified atom stereocenters. The molecule has 0 saturated heterocycles. The first kappa shape index (κ1) is 13.0. The molecule has 3 rings (SSSR count). The van der Waals surface area contributed by atoms with Gasteiger partial charge in [-0.2, -0.15) is 0 Å². The number of anilines is 2. The zero-order valence-corrected chi connectivity index (χ0v) is 11.2. The second kappa shape index (κ2) is 5.54. The number of nitrogens with zero attached hydrogens (tertiary/aromatic N) is 1. The predicted molar refractivity (Wildman–Crippen MR) is 82.7 cm³/mol. The highest BCUT2D eigenvalue weighted by Gasteiger charge is 2.02. The highest BCUT2D eigenvalue weighted by atomic mass is 16.3. The molecule has 0 radical (unpaired) electrons. The molecule has 3 aromatic rings. The second-order valence-electron chi connectivity index (χ2n) is 4.65. The Morgan fingerprint density at radius 3 is 2.29 bits per heavy atom. The first-order valence-electron chi connectivity index (χ1n) is 6.52. The first-order valence-corrected chi connectivity index (χ1v) is 6.52. The molecule has 0 atom stereocenters. The molecule has 0 amide bonds. The van der Waals surface area contributed by atoms with Crippen molar-refractivity contribution < 1.29 is 10.2 Å². The van der Waals surface area contributed by atoms with Crippen LogP contribution < -0.4 is 5.32 Å². The normalized spacial score (nSPS) is 10.3. The lowest BCUT2D eigenvalue weighted by Crippen LogP contribution is -1.91. The molecule has 3 N–H and O–H groups in total. The van der Waals surface area contributed by atoms with Crippen LogP contribution >= 0.6 is 0 Å². The van der Waals surface area contributed by atoms with Crippen LogP contribution in [0.25, 0.3) is 11.3 Å². The number of benzene rings is 2. The lowest BCUT2D eigenvalue weighted by Gasteiger charge is -2.08. The molecular weight excluding hydrogens is 264 g/mol. The number of hydrogen-bond acceptors (Lipinski definition) is 4. The quantitative estimate of drug-likeness (QED) is 0.679. The van der Waals surface area contributed by atoms with Crippen molar-refractivity contribution in [2.45, 2.75) is 0 Å². The highest BCUT2D eigenvalue weighted by Crippen LogP contribution is 2.25. The standard InChI is InChI=1S/C17H14N2O2/c20-15-6-4-12(5-7-15)17-11-14(8-9-18-17)19-13-2-1-3-16(21)10-13/h1-11,20-21H,(H,18,19). The number of rotatable bonds is 3. The summed E-state index contributed by atoms with van der Waals surface area (Å²) >= 11 is 0. The molecule has 4 heteroatoms. The van der Waals surface area contributed by atoms with E-state index in [0.29, 0.717) is 0 Å². The molecule has 104 valence electrons. The van der Waals surface area contributed by atoms with Gasteiger partial charge in [-0.15, -0.1) is 0 Å². The summed E-state index contributed by atoms with van der Waals surface area (Å²) in [4.78, 5) is 4.33. The van der Waals surface area contributed by atoms with E-state index < -0.39 is 0 Å². The Morgan fingerprint density at radius 1 is 0.762 bits per heavy atom. The third-order valence-electron chi connectivity index (χ3n) is 3.06. The van der Waals surface area contributed by atoms with Crippen molar-refractivity contribution in [3.8, 4) is 22.8 Å². The number of aromatic nitrogens is 1. The summed E-state index contributed by atoms with van der Waals surface area (Å²) in [5, 5.41) is 22.0. The van der Waals surface area contributed by atoms with Gasteiger partial charge in [0, 0.05) is 29.2 Å². The summed E-state index contributed by atoms with van der Waals surface area (Å²) in [6.07, 6.45) is 1.72. The zero-order valence-electron chi connectivity index (χ0n) is 11.2. The maximum Gasteiger partial charge on any atom is 0.117 e. The van der Waals surface area contributed by atoms with E-state index in [1.165, 1.54) is 0 Å². The van der Waals surface area contributed by atoms with E-state index >= 15 is 0 Å². The minimum atomic E-state index is 0.216. The minimum Gasteiger partial charge on any atom is -0.508 e. The monoisotopic (exact) mass is 278 g/mol. The molecule has 1 heterocycles. The Morgan fingerprint density at radius 2 is 1.52 bits per heavy atom. The average molecular weight is 278 g/mol. The summed E-state index contributed by atoms with van der Waals surface area (Å²) in [6.45, 7) is 0. The summed E-state index contributed by atoms with van der Waals surface area (Å²) in [5.41, 5.74) is 3.41. The van der Waals surface area contributed by atoms with Crippen molar-refractivity contribution >= 4 is 11.4 Å². The van der Waals surface area contributed by atoms with Gasteiger partial charge in [0.1, 0.15) is 11.5 Å². The molecule has 0 aliphatic carbocycles. The fourth-order valence-electron chi connectivity index (χ4n) is 2.05. The number of phenolic OH excluding ortho intramolecular Hbond substituents is 2. The molecule has 0 saturated carbocycles. The van der Waals surface area contributed by atoms with Crippen molar-refractivity contribution in [1.29, 1.82) is 0 Å². The van der Waals surface area contributed by atoms with Crippen LogP contribution in [0.1, 0.15) is 0 Å². The van der Waals surface area contributed by atoms with Gasteiger partial charge in [0.25, 0.3) is 0 Å². The van der Waals surface area contributed by atoms with E-state index in [0.717, 1.165) is 22.6 Å². The van der Waals surface area contributed by atoms with E-state index in [1.807, 2.05) is 30.3 Å². The molecule has 1 aromatic heterocycles. The van der Waals surface area contributed by atoms with Crippen LogP contribution in [0, 0.1) is 0 Å². The SMILES string of the molecule is Oc1ccc(-c2cc(Nc3cccc(O)c3)ccn2)cc1. The molecule has 0 bridgehead atoms. The molecule has 21 heavy (non-hydrogen) atoms. The van der Waals surface area contributed by atoms with Crippen molar-refractivity contribution in [3.63, 3.8) is 0 Å². The van der Waals surface area contributed by atoms with Crippen LogP contribution in [0.3, 0.4) is 0 Å². The van der Waals surface area contributed by atoms with Gasteiger partial charge >= 0.3 is 0 Å². The number of aromatic hydroxyl groups is 2. The van der Waals surface area contributed by atoms with E-state index in [-0.39, 0.29) is 11.5 Å². The number of phenols is 2. The third-order valence-corrected chi connectivity index (χ3v) is 3.06. The second-order valence-corrected chi connectivity index (χ2v) is 4.65. The van der Waals surface area contributed by atoms with Gasteiger partial charge in [-0.05, 0) is 48.5 Å². The van der Waals surface area contributed by atoms with E-state index in [2.05, 4.69) is 10.3 Å². The van der Waals surface area contributed by atoms with Gasteiger partial charge in [-0.3, -0.25) is 4.98 Å². The molecule has 0 fully saturated rings. The van der Waals surface area contributed by atoms with Crippen LogP contribution in [0.4, 0.5) is 11.4 Å². The van der Waals surface area contributed by atoms with Gasteiger partial charge < -0.3 is 15.5 Å². The Kier molecular flexibility index (Phi) is 3.43. The van der Waals surface area contributed by atoms with E-state index in [1.54, 1.807) is 36.5 Å². The lowest BCUT2D eigenvalue weighted by molar-refractivity contribution is 0.475. The fourth-order valence-corrected chi connectivity index (χ4v) is 2.05. The van der Waals surface area contributed by atoms with Gasteiger partial charge in [0.15, 0.2) is 0 Å². The average Bonchev–Trinajstić information content (AvgIpc) is 2.48. The minimum absolute atomic E-state index is 0.216. The van der Waals surface area contributed by atoms with Gasteiger partial charge in [0.05, 0.1) is 5.69 Å².